The van der Waals surface area contributed by atoms with Gasteiger partial charge in [0.1, 0.15) is 11.5 Å². The number of hydrogen-bond acceptors (Lipinski definition) is 4. The molecule has 2 aromatic carbocycles. The minimum absolute atomic E-state index is 0.0295. The fraction of sp³-hybridized carbons (Fsp3) is 0.125. The fourth-order valence-electron chi connectivity index (χ4n) is 2.20. The molecule has 0 fully saturated rings. The molecule has 0 atom stereocenters. The Morgan fingerprint density at radius 1 is 1.30 bits per heavy atom. The molecule has 0 saturated heterocycles. The van der Waals surface area contributed by atoms with E-state index in [0.29, 0.717) is 33.5 Å². The fourth-order valence-corrected chi connectivity index (χ4v) is 2.37. The summed E-state index contributed by atoms with van der Waals surface area (Å²) in [6.07, 6.45) is 0. The third-order valence-corrected chi connectivity index (χ3v) is 3.52. The molecule has 1 aliphatic rings. The smallest absolute Gasteiger partial charge is 0.262 e. The lowest BCUT2D eigenvalue weighted by Gasteiger charge is -2.18. The first kappa shape index (κ1) is 15.2. The van der Waals surface area contributed by atoms with Crippen molar-refractivity contribution in [3.8, 4) is 11.5 Å². The van der Waals surface area contributed by atoms with Crippen LogP contribution in [0.3, 0.4) is 0 Å². The number of hydrogen-bond donors (Lipinski definition) is 2. The lowest BCUT2D eigenvalue weighted by Crippen LogP contribution is -2.25. The molecule has 1 heterocycles. The minimum atomic E-state index is -0.354. The Morgan fingerprint density at radius 2 is 2.13 bits per heavy atom. The van der Waals surface area contributed by atoms with Gasteiger partial charge in [0, 0.05) is 10.6 Å². The highest BCUT2D eigenvalue weighted by atomic mass is 35.5. The maximum absolute atomic E-state index is 12.4. The van der Waals surface area contributed by atoms with Gasteiger partial charge in [0.05, 0.1) is 18.5 Å². The van der Waals surface area contributed by atoms with Crippen molar-refractivity contribution in [3.05, 3.63) is 47.0 Å². The molecule has 0 aliphatic carbocycles. The third kappa shape index (κ3) is 3.22. The number of halogens is 1. The van der Waals surface area contributed by atoms with Crippen molar-refractivity contribution >= 4 is 34.8 Å². The van der Waals surface area contributed by atoms with Gasteiger partial charge in [-0.3, -0.25) is 9.59 Å². The van der Waals surface area contributed by atoms with Crippen molar-refractivity contribution in [2.45, 2.75) is 0 Å². The van der Waals surface area contributed by atoms with Crippen molar-refractivity contribution in [3.63, 3.8) is 0 Å². The molecule has 0 spiro atoms. The van der Waals surface area contributed by atoms with Crippen molar-refractivity contribution in [2.24, 2.45) is 0 Å². The van der Waals surface area contributed by atoms with Crippen LogP contribution >= 0.6 is 11.6 Å². The zero-order chi connectivity index (χ0) is 16.4. The van der Waals surface area contributed by atoms with Gasteiger partial charge in [0.25, 0.3) is 11.8 Å². The number of fused-ring (bicyclic) bond motifs is 1. The second-order valence-corrected chi connectivity index (χ2v) is 5.28. The number of carbonyl (C=O) groups excluding carboxylic acids is 2. The SMILES string of the molecule is COc1ccc(Cl)cc1NC(=O)c1ccc2c(c1)NC(=O)CO2. The molecule has 0 saturated carbocycles. The topological polar surface area (TPSA) is 76.7 Å². The number of nitrogens with one attached hydrogen (secondary N) is 2. The van der Waals surface area contributed by atoms with Gasteiger partial charge in [-0.2, -0.15) is 0 Å². The van der Waals surface area contributed by atoms with Gasteiger partial charge in [-0.1, -0.05) is 11.6 Å². The van der Waals surface area contributed by atoms with Gasteiger partial charge in [-0.15, -0.1) is 0 Å². The van der Waals surface area contributed by atoms with E-state index >= 15 is 0 Å². The number of carbonyl (C=O) groups is 2. The maximum Gasteiger partial charge on any atom is 0.262 e. The van der Waals surface area contributed by atoms with E-state index in [0.717, 1.165) is 0 Å². The summed E-state index contributed by atoms with van der Waals surface area (Å²) < 4.78 is 10.5. The highest BCUT2D eigenvalue weighted by Crippen LogP contribution is 2.30. The summed E-state index contributed by atoms with van der Waals surface area (Å²) in [7, 11) is 1.50. The van der Waals surface area contributed by atoms with Crippen molar-refractivity contribution in [1.82, 2.24) is 0 Å². The van der Waals surface area contributed by atoms with E-state index < -0.39 is 0 Å². The van der Waals surface area contributed by atoms with Crippen LogP contribution in [0, 0.1) is 0 Å². The van der Waals surface area contributed by atoms with E-state index in [-0.39, 0.29) is 18.4 Å². The Hall–Kier alpha value is -2.73. The van der Waals surface area contributed by atoms with Crippen LogP contribution < -0.4 is 20.1 Å². The first-order valence-corrected chi connectivity index (χ1v) is 7.16. The number of anilines is 2. The van der Waals surface area contributed by atoms with Crippen LogP contribution in [-0.4, -0.2) is 25.5 Å². The van der Waals surface area contributed by atoms with Crippen LogP contribution in [0.1, 0.15) is 10.4 Å². The summed E-state index contributed by atoms with van der Waals surface area (Å²) in [6.45, 7) is -0.0295. The van der Waals surface area contributed by atoms with E-state index in [4.69, 9.17) is 21.1 Å². The lowest BCUT2D eigenvalue weighted by atomic mass is 10.1. The largest absolute Gasteiger partial charge is 0.495 e. The molecule has 2 N–H and O–H groups in total. The van der Waals surface area contributed by atoms with Crippen LogP contribution in [-0.2, 0) is 4.79 Å². The molecular formula is C16H13ClN2O4. The van der Waals surface area contributed by atoms with Crippen LogP contribution in [0.4, 0.5) is 11.4 Å². The molecular weight excluding hydrogens is 320 g/mol. The predicted octanol–water partition coefficient (Wildman–Crippen LogP) is 2.93. The quantitative estimate of drug-likeness (QED) is 0.906. The molecule has 7 heteroatoms. The van der Waals surface area contributed by atoms with E-state index in [1.54, 1.807) is 36.4 Å². The highest BCUT2D eigenvalue weighted by Gasteiger charge is 2.18. The Balaban J connectivity index is 1.85. The number of methoxy groups -OCH3 is 1. The predicted molar refractivity (Wildman–Crippen MR) is 86.5 cm³/mol. The second kappa shape index (κ2) is 6.18. The van der Waals surface area contributed by atoms with E-state index in [9.17, 15) is 9.59 Å². The normalized spacial score (nSPS) is 12.7. The molecule has 0 aromatic heterocycles. The Labute approximate surface area is 137 Å². The number of rotatable bonds is 3. The minimum Gasteiger partial charge on any atom is -0.495 e. The molecule has 23 heavy (non-hydrogen) atoms. The van der Waals surface area contributed by atoms with Crippen LogP contribution in [0.15, 0.2) is 36.4 Å². The maximum atomic E-state index is 12.4. The van der Waals surface area contributed by atoms with Crippen LogP contribution in [0.2, 0.25) is 5.02 Å². The zero-order valence-electron chi connectivity index (χ0n) is 12.2. The van der Waals surface area contributed by atoms with E-state index in [1.165, 1.54) is 7.11 Å². The Kier molecular flexibility index (Phi) is 4.08. The van der Waals surface area contributed by atoms with Gasteiger partial charge in [-0.25, -0.2) is 0 Å². The molecule has 0 unspecified atom stereocenters. The zero-order valence-corrected chi connectivity index (χ0v) is 12.9. The molecule has 2 amide bonds. The molecule has 0 radical (unpaired) electrons. The van der Waals surface area contributed by atoms with Gasteiger partial charge in [0.2, 0.25) is 0 Å². The molecule has 3 rings (SSSR count). The van der Waals surface area contributed by atoms with Gasteiger partial charge in [-0.05, 0) is 36.4 Å². The van der Waals surface area contributed by atoms with E-state index in [1.807, 2.05) is 0 Å². The Bertz CT molecular complexity index is 792. The number of ether oxygens (including phenoxy) is 2. The average Bonchev–Trinajstić information content (AvgIpc) is 2.54. The standard InChI is InChI=1S/C16H13ClN2O4/c1-22-13-5-3-10(17)7-12(13)19-16(21)9-2-4-14-11(6-9)18-15(20)8-23-14/h2-7H,8H2,1H3,(H,18,20)(H,19,21). The summed E-state index contributed by atoms with van der Waals surface area (Å²) in [5.74, 6) is 0.415. The first-order valence-electron chi connectivity index (χ1n) is 6.78. The van der Waals surface area contributed by atoms with E-state index in [2.05, 4.69) is 10.6 Å². The summed E-state index contributed by atoms with van der Waals surface area (Å²) in [4.78, 5) is 23.7. The van der Waals surface area contributed by atoms with Crippen molar-refractivity contribution in [1.29, 1.82) is 0 Å². The van der Waals surface area contributed by atoms with Crippen molar-refractivity contribution < 1.29 is 19.1 Å². The summed E-state index contributed by atoms with van der Waals surface area (Å²) in [5.41, 5.74) is 1.30. The first-order chi connectivity index (χ1) is 11.1. The summed E-state index contributed by atoms with van der Waals surface area (Å²) in [6, 6.07) is 9.74. The monoisotopic (exact) mass is 332 g/mol. The summed E-state index contributed by atoms with van der Waals surface area (Å²) in [5, 5.41) is 5.87. The molecule has 118 valence electrons. The third-order valence-electron chi connectivity index (χ3n) is 3.28. The van der Waals surface area contributed by atoms with Crippen LogP contribution in [0.25, 0.3) is 0 Å². The summed E-state index contributed by atoms with van der Waals surface area (Å²) >= 11 is 5.94. The van der Waals surface area contributed by atoms with Crippen LogP contribution in [0.5, 0.6) is 11.5 Å². The lowest BCUT2D eigenvalue weighted by molar-refractivity contribution is -0.118. The number of amides is 2. The number of benzene rings is 2. The molecule has 6 nitrogen and oxygen atoms in total. The van der Waals surface area contributed by atoms with Gasteiger partial charge < -0.3 is 20.1 Å². The molecule has 2 aromatic rings. The Morgan fingerprint density at radius 3 is 2.91 bits per heavy atom. The van der Waals surface area contributed by atoms with Crippen molar-refractivity contribution in [2.75, 3.05) is 24.4 Å². The molecule has 0 bridgehead atoms. The van der Waals surface area contributed by atoms with Gasteiger partial charge in [0.15, 0.2) is 6.61 Å². The molecule has 1 aliphatic heterocycles. The average molecular weight is 333 g/mol. The second-order valence-electron chi connectivity index (χ2n) is 4.85. The van der Waals surface area contributed by atoms with Gasteiger partial charge >= 0.3 is 0 Å². The highest BCUT2D eigenvalue weighted by molar-refractivity contribution is 6.31.